The number of aromatic amines is 1. The Labute approximate surface area is 77.2 Å². The van der Waals surface area contributed by atoms with Gasteiger partial charge >= 0.3 is 0 Å². The normalized spacial score (nSPS) is 26.9. The third-order valence-electron chi connectivity index (χ3n) is 2.75. The van der Waals surface area contributed by atoms with Gasteiger partial charge in [-0.2, -0.15) is 5.10 Å². The SMILES string of the molecule is CC1Cc2n[nH]c(=O)cc2C(C)C1. The molecule has 0 aliphatic heterocycles. The molecule has 1 heterocycles. The minimum absolute atomic E-state index is 0.0832. The summed E-state index contributed by atoms with van der Waals surface area (Å²) in [6, 6.07) is 1.69. The molecule has 2 atom stereocenters. The molecule has 0 spiro atoms. The number of H-pyrrole nitrogens is 1. The number of fused-ring (bicyclic) bond motifs is 1. The zero-order chi connectivity index (χ0) is 9.42. The van der Waals surface area contributed by atoms with Crippen molar-refractivity contribution in [2.24, 2.45) is 5.92 Å². The van der Waals surface area contributed by atoms with Gasteiger partial charge in [0.15, 0.2) is 0 Å². The smallest absolute Gasteiger partial charge is 0.264 e. The lowest BCUT2D eigenvalue weighted by molar-refractivity contribution is 0.438. The summed E-state index contributed by atoms with van der Waals surface area (Å²) in [6.07, 6.45) is 2.16. The van der Waals surface area contributed by atoms with Crippen LogP contribution in [0.25, 0.3) is 0 Å². The van der Waals surface area contributed by atoms with Crippen molar-refractivity contribution in [2.75, 3.05) is 0 Å². The molecule has 0 aromatic carbocycles. The zero-order valence-corrected chi connectivity index (χ0v) is 8.00. The standard InChI is InChI=1S/C10H14N2O/c1-6-3-7(2)8-5-10(13)12-11-9(8)4-6/h5-7H,3-4H2,1-2H3,(H,12,13). The highest BCUT2D eigenvalue weighted by Crippen LogP contribution is 2.31. The van der Waals surface area contributed by atoms with Crippen molar-refractivity contribution in [3.63, 3.8) is 0 Å². The third kappa shape index (κ3) is 1.50. The minimum atomic E-state index is -0.0832. The van der Waals surface area contributed by atoms with Crippen molar-refractivity contribution in [3.05, 3.63) is 27.7 Å². The van der Waals surface area contributed by atoms with Crippen LogP contribution in [0.3, 0.4) is 0 Å². The van der Waals surface area contributed by atoms with Crippen molar-refractivity contribution in [1.82, 2.24) is 10.2 Å². The maximum Gasteiger partial charge on any atom is 0.264 e. The number of nitrogens with zero attached hydrogens (tertiary/aromatic N) is 1. The van der Waals surface area contributed by atoms with Gasteiger partial charge in [0.05, 0.1) is 5.69 Å². The average molecular weight is 178 g/mol. The molecule has 0 radical (unpaired) electrons. The van der Waals surface area contributed by atoms with E-state index in [4.69, 9.17) is 0 Å². The average Bonchev–Trinajstić information content (AvgIpc) is 2.06. The Kier molecular flexibility index (Phi) is 1.94. The van der Waals surface area contributed by atoms with E-state index in [1.165, 1.54) is 0 Å². The van der Waals surface area contributed by atoms with E-state index in [-0.39, 0.29) is 5.56 Å². The molecule has 2 unspecified atom stereocenters. The Hall–Kier alpha value is -1.12. The predicted octanol–water partition coefficient (Wildman–Crippen LogP) is 1.46. The van der Waals surface area contributed by atoms with Crippen LogP contribution >= 0.6 is 0 Å². The largest absolute Gasteiger partial charge is 0.268 e. The molecular formula is C10H14N2O. The van der Waals surface area contributed by atoms with Gasteiger partial charge in [-0.25, -0.2) is 5.10 Å². The monoisotopic (exact) mass is 178 g/mol. The van der Waals surface area contributed by atoms with Crippen LogP contribution in [-0.4, -0.2) is 10.2 Å². The molecule has 3 nitrogen and oxygen atoms in total. The van der Waals surface area contributed by atoms with E-state index in [0.717, 1.165) is 24.1 Å². The number of hydrogen-bond acceptors (Lipinski definition) is 2. The summed E-state index contributed by atoms with van der Waals surface area (Å²) < 4.78 is 0. The van der Waals surface area contributed by atoms with Crippen LogP contribution in [-0.2, 0) is 6.42 Å². The lowest BCUT2D eigenvalue weighted by Crippen LogP contribution is -2.21. The molecule has 1 aliphatic carbocycles. The van der Waals surface area contributed by atoms with Crippen LogP contribution in [0, 0.1) is 5.92 Å². The highest BCUT2D eigenvalue weighted by molar-refractivity contribution is 5.24. The van der Waals surface area contributed by atoms with Gasteiger partial charge < -0.3 is 0 Å². The molecule has 0 saturated carbocycles. The Bertz CT molecular complexity index is 369. The van der Waals surface area contributed by atoms with Crippen LogP contribution < -0.4 is 5.56 Å². The maximum absolute atomic E-state index is 11.1. The van der Waals surface area contributed by atoms with Crippen molar-refractivity contribution < 1.29 is 0 Å². The van der Waals surface area contributed by atoms with E-state index >= 15 is 0 Å². The van der Waals surface area contributed by atoms with Crippen molar-refractivity contribution in [3.8, 4) is 0 Å². The van der Waals surface area contributed by atoms with E-state index in [9.17, 15) is 4.79 Å². The molecule has 1 N–H and O–H groups in total. The first-order valence-corrected chi connectivity index (χ1v) is 4.75. The number of rotatable bonds is 0. The van der Waals surface area contributed by atoms with Gasteiger partial charge in [-0.05, 0) is 30.2 Å². The summed E-state index contributed by atoms with van der Waals surface area (Å²) in [6.45, 7) is 4.39. The van der Waals surface area contributed by atoms with Crippen LogP contribution in [0.15, 0.2) is 10.9 Å². The van der Waals surface area contributed by atoms with Crippen molar-refractivity contribution in [2.45, 2.75) is 32.6 Å². The summed E-state index contributed by atoms with van der Waals surface area (Å²) in [5.41, 5.74) is 2.13. The Morgan fingerprint density at radius 2 is 2.31 bits per heavy atom. The van der Waals surface area contributed by atoms with E-state index in [0.29, 0.717) is 11.8 Å². The van der Waals surface area contributed by atoms with E-state index < -0.39 is 0 Å². The van der Waals surface area contributed by atoms with Gasteiger partial charge in [0.2, 0.25) is 0 Å². The highest BCUT2D eigenvalue weighted by atomic mass is 16.1. The summed E-state index contributed by atoms with van der Waals surface area (Å²) in [4.78, 5) is 11.1. The molecule has 1 aromatic heterocycles. The Morgan fingerprint density at radius 3 is 3.08 bits per heavy atom. The van der Waals surface area contributed by atoms with Crippen molar-refractivity contribution in [1.29, 1.82) is 0 Å². The molecule has 0 saturated heterocycles. The lowest BCUT2D eigenvalue weighted by atomic mass is 9.81. The number of aromatic nitrogens is 2. The van der Waals surface area contributed by atoms with Gasteiger partial charge in [-0.15, -0.1) is 0 Å². The van der Waals surface area contributed by atoms with Crippen molar-refractivity contribution >= 4 is 0 Å². The zero-order valence-electron chi connectivity index (χ0n) is 8.00. The van der Waals surface area contributed by atoms with Crippen LogP contribution in [0.1, 0.15) is 37.4 Å². The van der Waals surface area contributed by atoms with Crippen LogP contribution in [0.4, 0.5) is 0 Å². The van der Waals surface area contributed by atoms with Gasteiger partial charge in [-0.3, -0.25) is 4.79 Å². The third-order valence-corrected chi connectivity index (χ3v) is 2.75. The van der Waals surface area contributed by atoms with E-state index in [1.54, 1.807) is 6.07 Å². The number of hydrogen-bond donors (Lipinski definition) is 1. The molecule has 70 valence electrons. The minimum Gasteiger partial charge on any atom is -0.268 e. The summed E-state index contributed by atoms with van der Waals surface area (Å²) in [7, 11) is 0. The first-order valence-electron chi connectivity index (χ1n) is 4.75. The molecular weight excluding hydrogens is 164 g/mol. The fourth-order valence-corrected chi connectivity index (χ4v) is 2.18. The second kappa shape index (κ2) is 2.98. The summed E-state index contributed by atoms with van der Waals surface area (Å²) in [5.74, 6) is 1.16. The van der Waals surface area contributed by atoms with E-state index in [1.807, 2.05) is 0 Å². The molecule has 0 bridgehead atoms. The van der Waals surface area contributed by atoms with Crippen LogP contribution in [0.5, 0.6) is 0 Å². The fraction of sp³-hybridized carbons (Fsp3) is 0.600. The van der Waals surface area contributed by atoms with Gasteiger partial charge in [-0.1, -0.05) is 13.8 Å². The number of nitrogens with one attached hydrogen (secondary N) is 1. The Balaban J connectivity index is 2.49. The highest BCUT2D eigenvalue weighted by Gasteiger charge is 2.22. The second-order valence-corrected chi connectivity index (χ2v) is 4.08. The predicted molar refractivity (Wildman–Crippen MR) is 50.8 cm³/mol. The molecule has 3 heteroatoms. The molecule has 1 aromatic rings. The van der Waals surface area contributed by atoms with Gasteiger partial charge in [0, 0.05) is 6.07 Å². The summed E-state index contributed by atoms with van der Waals surface area (Å²) in [5, 5.41) is 6.58. The topological polar surface area (TPSA) is 45.8 Å². The molecule has 0 amide bonds. The quantitative estimate of drug-likeness (QED) is 0.653. The lowest BCUT2D eigenvalue weighted by Gasteiger charge is -2.25. The van der Waals surface area contributed by atoms with Gasteiger partial charge in [0.25, 0.3) is 5.56 Å². The molecule has 1 aliphatic rings. The molecule has 0 fully saturated rings. The molecule has 13 heavy (non-hydrogen) atoms. The van der Waals surface area contributed by atoms with Gasteiger partial charge in [0.1, 0.15) is 0 Å². The first kappa shape index (κ1) is 8.48. The summed E-state index contributed by atoms with van der Waals surface area (Å²) >= 11 is 0. The fourth-order valence-electron chi connectivity index (χ4n) is 2.18. The molecule has 2 rings (SSSR count). The maximum atomic E-state index is 11.1. The van der Waals surface area contributed by atoms with E-state index in [2.05, 4.69) is 24.0 Å². The second-order valence-electron chi connectivity index (χ2n) is 4.08. The Morgan fingerprint density at radius 1 is 1.54 bits per heavy atom. The van der Waals surface area contributed by atoms with Crippen LogP contribution in [0.2, 0.25) is 0 Å². The first-order chi connectivity index (χ1) is 6.16.